The lowest BCUT2D eigenvalue weighted by Crippen LogP contribution is -2.49. The van der Waals surface area contributed by atoms with Crippen molar-refractivity contribution in [2.75, 3.05) is 5.32 Å². The Labute approximate surface area is 130 Å². The van der Waals surface area contributed by atoms with Crippen molar-refractivity contribution >= 4 is 11.6 Å². The van der Waals surface area contributed by atoms with Crippen molar-refractivity contribution in [2.24, 2.45) is 0 Å². The Balaban J connectivity index is 2.00. The lowest BCUT2D eigenvalue weighted by molar-refractivity contribution is -0.121. The molecule has 0 saturated carbocycles. The van der Waals surface area contributed by atoms with E-state index in [-0.39, 0.29) is 11.7 Å². The zero-order valence-electron chi connectivity index (χ0n) is 13.1. The summed E-state index contributed by atoms with van der Waals surface area (Å²) < 4.78 is 0. The summed E-state index contributed by atoms with van der Waals surface area (Å²) in [7, 11) is 0. The quantitative estimate of drug-likeness (QED) is 0.742. The highest BCUT2D eigenvalue weighted by molar-refractivity contribution is 5.98. The van der Waals surface area contributed by atoms with E-state index in [9.17, 15) is 9.90 Å². The molecule has 1 aromatic heterocycles. The molecular weight excluding hydrogens is 278 g/mol. The van der Waals surface area contributed by atoms with Crippen molar-refractivity contribution in [2.45, 2.75) is 32.9 Å². The first-order chi connectivity index (χ1) is 10.4. The van der Waals surface area contributed by atoms with Crippen molar-refractivity contribution in [1.29, 1.82) is 0 Å². The van der Waals surface area contributed by atoms with Crippen LogP contribution < -0.4 is 10.6 Å². The first-order valence-corrected chi connectivity index (χ1v) is 7.13. The van der Waals surface area contributed by atoms with Gasteiger partial charge in [-0.1, -0.05) is 0 Å². The zero-order chi connectivity index (χ0) is 16.2. The minimum absolute atomic E-state index is 0.129. The lowest BCUT2D eigenvalue weighted by atomic mass is 10.0. The Morgan fingerprint density at radius 1 is 1.23 bits per heavy atom. The number of phenols is 1. The van der Waals surface area contributed by atoms with Crippen LogP contribution in [0.25, 0.3) is 0 Å². The van der Waals surface area contributed by atoms with Crippen LogP contribution in [0.15, 0.2) is 42.7 Å². The number of nitrogens with zero attached hydrogens (tertiary/aromatic N) is 1. The Kier molecular flexibility index (Phi) is 4.78. The van der Waals surface area contributed by atoms with E-state index in [1.165, 1.54) is 0 Å². The maximum absolute atomic E-state index is 12.4. The van der Waals surface area contributed by atoms with Gasteiger partial charge in [-0.2, -0.15) is 0 Å². The summed E-state index contributed by atoms with van der Waals surface area (Å²) in [5.41, 5.74) is 1.85. The lowest BCUT2D eigenvalue weighted by Gasteiger charge is -2.25. The highest BCUT2D eigenvalue weighted by Crippen LogP contribution is 2.21. The summed E-state index contributed by atoms with van der Waals surface area (Å²) in [4.78, 5) is 16.4. The van der Waals surface area contributed by atoms with Crippen LogP contribution in [0.1, 0.15) is 25.0 Å². The third-order valence-electron chi connectivity index (χ3n) is 3.51. The van der Waals surface area contributed by atoms with Gasteiger partial charge in [0.2, 0.25) is 5.91 Å². The molecule has 2 aromatic rings. The normalized spacial score (nSPS) is 11.2. The van der Waals surface area contributed by atoms with Gasteiger partial charge in [0.15, 0.2) is 0 Å². The number of carbonyl (C=O) groups is 1. The second-order valence-corrected chi connectivity index (χ2v) is 5.79. The number of pyridine rings is 1. The fourth-order valence-electron chi connectivity index (χ4n) is 1.97. The van der Waals surface area contributed by atoms with E-state index in [1.807, 2.05) is 32.9 Å². The van der Waals surface area contributed by atoms with Gasteiger partial charge < -0.3 is 10.4 Å². The van der Waals surface area contributed by atoms with E-state index in [1.54, 1.807) is 30.6 Å². The Hall–Kier alpha value is -2.40. The fourth-order valence-corrected chi connectivity index (χ4v) is 1.97. The predicted octanol–water partition coefficient (Wildman–Crippen LogP) is 2.60. The standard InChI is InChI=1S/C17H21N3O2/c1-12-10-14(21)4-5-15(12)20-16(22)17(2,3)19-11-13-6-8-18-9-7-13/h4-10,19,21H,11H2,1-3H3,(H,20,22). The monoisotopic (exact) mass is 299 g/mol. The second kappa shape index (κ2) is 6.58. The minimum atomic E-state index is -0.729. The van der Waals surface area contributed by atoms with Crippen LogP contribution in [0.3, 0.4) is 0 Å². The summed E-state index contributed by atoms with van der Waals surface area (Å²) in [6.45, 7) is 6.09. The van der Waals surface area contributed by atoms with Crippen LogP contribution in [-0.2, 0) is 11.3 Å². The maximum Gasteiger partial charge on any atom is 0.244 e. The molecule has 2 rings (SSSR count). The molecule has 0 unspecified atom stereocenters. The number of aromatic hydroxyl groups is 1. The molecule has 1 heterocycles. The number of rotatable bonds is 5. The van der Waals surface area contributed by atoms with E-state index >= 15 is 0 Å². The largest absolute Gasteiger partial charge is 0.508 e. The van der Waals surface area contributed by atoms with Crippen molar-refractivity contribution in [1.82, 2.24) is 10.3 Å². The van der Waals surface area contributed by atoms with Crippen LogP contribution in [0.5, 0.6) is 5.75 Å². The third kappa shape index (κ3) is 4.05. The molecule has 1 amide bonds. The number of benzene rings is 1. The van der Waals surface area contributed by atoms with Gasteiger partial charge in [0.1, 0.15) is 5.75 Å². The molecule has 0 atom stereocenters. The maximum atomic E-state index is 12.4. The molecule has 5 nitrogen and oxygen atoms in total. The van der Waals surface area contributed by atoms with Gasteiger partial charge in [-0.25, -0.2) is 0 Å². The summed E-state index contributed by atoms with van der Waals surface area (Å²) in [6, 6.07) is 8.69. The summed E-state index contributed by atoms with van der Waals surface area (Å²) in [5.74, 6) is 0.0564. The first kappa shape index (κ1) is 16.0. The number of hydrogen-bond acceptors (Lipinski definition) is 4. The molecule has 0 saturated heterocycles. The van der Waals surface area contributed by atoms with Gasteiger partial charge in [0, 0.05) is 24.6 Å². The van der Waals surface area contributed by atoms with Gasteiger partial charge in [-0.3, -0.25) is 15.1 Å². The number of nitrogens with one attached hydrogen (secondary N) is 2. The molecule has 3 N–H and O–H groups in total. The highest BCUT2D eigenvalue weighted by atomic mass is 16.3. The van der Waals surface area contributed by atoms with E-state index in [2.05, 4.69) is 15.6 Å². The van der Waals surface area contributed by atoms with Gasteiger partial charge in [0.05, 0.1) is 5.54 Å². The fraction of sp³-hybridized carbons (Fsp3) is 0.294. The van der Waals surface area contributed by atoms with E-state index in [0.717, 1.165) is 11.1 Å². The number of amides is 1. The summed E-state index contributed by atoms with van der Waals surface area (Å²) in [6.07, 6.45) is 3.45. The van der Waals surface area contributed by atoms with E-state index < -0.39 is 5.54 Å². The van der Waals surface area contributed by atoms with Crippen LogP contribution in [0.2, 0.25) is 0 Å². The zero-order valence-corrected chi connectivity index (χ0v) is 13.1. The molecule has 0 aliphatic heterocycles. The molecular formula is C17H21N3O2. The minimum Gasteiger partial charge on any atom is -0.508 e. The third-order valence-corrected chi connectivity index (χ3v) is 3.51. The van der Waals surface area contributed by atoms with Crippen molar-refractivity contribution in [3.63, 3.8) is 0 Å². The molecule has 0 fully saturated rings. The highest BCUT2D eigenvalue weighted by Gasteiger charge is 2.27. The number of anilines is 1. The molecule has 116 valence electrons. The number of aryl methyl sites for hydroxylation is 1. The Bertz CT molecular complexity index is 654. The molecule has 5 heteroatoms. The topological polar surface area (TPSA) is 74.2 Å². The van der Waals surface area contributed by atoms with E-state index in [0.29, 0.717) is 12.2 Å². The molecule has 0 spiro atoms. The van der Waals surface area contributed by atoms with Crippen LogP contribution in [0, 0.1) is 6.92 Å². The smallest absolute Gasteiger partial charge is 0.244 e. The van der Waals surface area contributed by atoms with Gasteiger partial charge in [0.25, 0.3) is 0 Å². The molecule has 22 heavy (non-hydrogen) atoms. The molecule has 0 radical (unpaired) electrons. The van der Waals surface area contributed by atoms with Crippen molar-refractivity contribution in [3.8, 4) is 5.75 Å². The number of aromatic nitrogens is 1. The van der Waals surface area contributed by atoms with Crippen LogP contribution in [0.4, 0.5) is 5.69 Å². The Morgan fingerprint density at radius 2 is 1.91 bits per heavy atom. The molecule has 0 aliphatic rings. The van der Waals surface area contributed by atoms with Crippen molar-refractivity contribution in [3.05, 3.63) is 53.9 Å². The van der Waals surface area contributed by atoms with Gasteiger partial charge in [-0.05, 0) is 62.2 Å². The summed E-state index contributed by atoms with van der Waals surface area (Å²) in [5, 5.41) is 15.5. The van der Waals surface area contributed by atoms with Gasteiger partial charge in [-0.15, -0.1) is 0 Å². The number of hydrogen-bond donors (Lipinski definition) is 3. The number of carbonyl (C=O) groups excluding carboxylic acids is 1. The molecule has 1 aromatic carbocycles. The average molecular weight is 299 g/mol. The Morgan fingerprint density at radius 3 is 2.55 bits per heavy atom. The first-order valence-electron chi connectivity index (χ1n) is 7.13. The van der Waals surface area contributed by atoms with Crippen LogP contribution in [-0.4, -0.2) is 21.5 Å². The second-order valence-electron chi connectivity index (χ2n) is 5.79. The number of phenolic OH excluding ortho intramolecular Hbond substituents is 1. The predicted molar refractivity (Wildman–Crippen MR) is 86.6 cm³/mol. The van der Waals surface area contributed by atoms with Gasteiger partial charge >= 0.3 is 0 Å². The van der Waals surface area contributed by atoms with Crippen molar-refractivity contribution < 1.29 is 9.90 Å². The van der Waals surface area contributed by atoms with E-state index in [4.69, 9.17) is 0 Å². The average Bonchev–Trinajstić information content (AvgIpc) is 2.49. The SMILES string of the molecule is Cc1cc(O)ccc1NC(=O)C(C)(C)NCc1ccncc1. The molecule has 0 aliphatic carbocycles. The summed E-state index contributed by atoms with van der Waals surface area (Å²) >= 11 is 0. The van der Waals surface area contributed by atoms with Crippen LogP contribution >= 0.6 is 0 Å². The molecule has 0 bridgehead atoms.